The van der Waals surface area contributed by atoms with Gasteiger partial charge in [0, 0.05) is 13.2 Å². The quantitative estimate of drug-likeness (QED) is 0.776. The van der Waals surface area contributed by atoms with Crippen LogP contribution in [0.25, 0.3) is 0 Å². The average Bonchev–Trinajstić information content (AvgIpc) is 2.20. The van der Waals surface area contributed by atoms with Crippen molar-refractivity contribution < 1.29 is 9.47 Å². The van der Waals surface area contributed by atoms with Crippen LogP contribution in [0.15, 0.2) is 0 Å². The maximum atomic E-state index is 6.11. The third kappa shape index (κ3) is 2.35. The van der Waals surface area contributed by atoms with Gasteiger partial charge < -0.3 is 15.2 Å². The number of hydrogen-bond acceptors (Lipinski definition) is 3. The van der Waals surface area contributed by atoms with Crippen LogP contribution in [-0.2, 0) is 9.47 Å². The Hall–Kier alpha value is -0.120. The topological polar surface area (TPSA) is 44.5 Å². The lowest BCUT2D eigenvalue weighted by molar-refractivity contribution is -0.165. The number of ether oxygens (including phenoxy) is 2. The molecule has 2 aliphatic rings. The molecule has 2 aliphatic carbocycles. The van der Waals surface area contributed by atoms with Crippen LogP contribution < -0.4 is 5.73 Å². The van der Waals surface area contributed by atoms with Crippen molar-refractivity contribution >= 4 is 0 Å². The van der Waals surface area contributed by atoms with E-state index in [9.17, 15) is 0 Å². The summed E-state index contributed by atoms with van der Waals surface area (Å²) in [6.07, 6.45) is 6.96. The fourth-order valence-corrected chi connectivity index (χ4v) is 2.78. The highest BCUT2D eigenvalue weighted by atomic mass is 16.5. The molecule has 0 aromatic carbocycles. The second kappa shape index (κ2) is 4.81. The lowest BCUT2D eigenvalue weighted by Crippen LogP contribution is -2.59. The zero-order valence-corrected chi connectivity index (χ0v) is 9.82. The Balaban J connectivity index is 1.81. The van der Waals surface area contributed by atoms with Crippen molar-refractivity contribution in [3.8, 4) is 0 Å². The van der Waals surface area contributed by atoms with Crippen molar-refractivity contribution in [3.63, 3.8) is 0 Å². The molecule has 2 N–H and O–H groups in total. The lowest BCUT2D eigenvalue weighted by Gasteiger charge is -2.44. The summed E-state index contributed by atoms with van der Waals surface area (Å²) in [4.78, 5) is 0. The van der Waals surface area contributed by atoms with Crippen LogP contribution in [0.4, 0.5) is 0 Å². The van der Waals surface area contributed by atoms with E-state index in [1.165, 1.54) is 25.7 Å². The predicted octanol–water partition coefficient (Wildman–Crippen LogP) is 1.70. The molecule has 0 radical (unpaired) electrons. The fourth-order valence-electron chi connectivity index (χ4n) is 2.78. The van der Waals surface area contributed by atoms with E-state index >= 15 is 0 Å². The highest BCUT2D eigenvalue weighted by molar-refractivity contribution is 4.95. The van der Waals surface area contributed by atoms with E-state index in [2.05, 4.69) is 6.92 Å². The van der Waals surface area contributed by atoms with Gasteiger partial charge in [-0.2, -0.15) is 0 Å². The van der Waals surface area contributed by atoms with Gasteiger partial charge in [0.1, 0.15) is 0 Å². The third-order valence-electron chi connectivity index (χ3n) is 3.95. The first-order chi connectivity index (χ1) is 7.22. The molecule has 0 bridgehead atoms. The van der Waals surface area contributed by atoms with Gasteiger partial charge in [-0.3, -0.25) is 0 Å². The summed E-state index contributed by atoms with van der Waals surface area (Å²) in [5, 5.41) is 0. The molecule has 0 aliphatic heterocycles. The maximum Gasteiger partial charge on any atom is 0.0984 e. The Bertz CT molecular complexity index is 210. The van der Waals surface area contributed by atoms with Gasteiger partial charge in [-0.15, -0.1) is 0 Å². The lowest BCUT2D eigenvalue weighted by atomic mass is 9.84. The first kappa shape index (κ1) is 11.4. The molecule has 2 saturated carbocycles. The number of rotatable bonds is 3. The van der Waals surface area contributed by atoms with Gasteiger partial charge in [0.25, 0.3) is 0 Å². The Morgan fingerprint density at radius 1 is 1.13 bits per heavy atom. The van der Waals surface area contributed by atoms with Crippen LogP contribution in [0.3, 0.4) is 0 Å². The fraction of sp³-hybridized carbons (Fsp3) is 1.00. The molecule has 5 atom stereocenters. The van der Waals surface area contributed by atoms with E-state index in [1.807, 2.05) is 0 Å². The molecule has 0 spiro atoms. The normalized spacial score (nSPS) is 46.2. The van der Waals surface area contributed by atoms with Crippen LogP contribution in [0.5, 0.6) is 0 Å². The van der Waals surface area contributed by atoms with Crippen LogP contribution >= 0.6 is 0 Å². The van der Waals surface area contributed by atoms with Gasteiger partial charge in [-0.05, 0) is 25.2 Å². The number of methoxy groups -OCH3 is 1. The summed E-state index contributed by atoms with van der Waals surface area (Å²) in [6.45, 7) is 2.30. The summed E-state index contributed by atoms with van der Waals surface area (Å²) in [6, 6.07) is 0.180. The standard InChI is InChI=1S/C12H23NO2/c1-8-5-3-4-6-10(8)15-11-7-9(13)12(11)14-2/h8-12H,3-7,13H2,1-2H3. The van der Waals surface area contributed by atoms with E-state index in [0.29, 0.717) is 12.0 Å². The molecule has 88 valence electrons. The smallest absolute Gasteiger partial charge is 0.0984 e. The van der Waals surface area contributed by atoms with E-state index in [4.69, 9.17) is 15.2 Å². The molecule has 3 heteroatoms. The van der Waals surface area contributed by atoms with Crippen LogP contribution in [0.1, 0.15) is 39.0 Å². The average molecular weight is 213 g/mol. The molecule has 0 aromatic rings. The molecule has 3 nitrogen and oxygen atoms in total. The Kier molecular flexibility index (Phi) is 3.65. The zero-order chi connectivity index (χ0) is 10.8. The Morgan fingerprint density at radius 2 is 1.87 bits per heavy atom. The van der Waals surface area contributed by atoms with Gasteiger partial charge >= 0.3 is 0 Å². The molecule has 2 fully saturated rings. The van der Waals surface area contributed by atoms with E-state index < -0.39 is 0 Å². The summed E-state index contributed by atoms with van der Waals surface area (Å²) in [5.41, 5.74) is 5.86. The van der Waals surface area contributed by atoms with Crippen LogP contribution in [-0.4, -0.2) is 31.5 Å². The predicted molar refractivity (Wildman–Crippen MR) is 59.7 cm³/mol. The van der Waals surface area contributed by atoms with Gasteiger partial charge in [0.15, 0.2) is 0 Å². The van der Waals surface area contributed by atoms with E-state index in [-0.39, 0.29) is 18.2 Å². The van der Waals surface area contributed by atoms with Gasteiger partial charge in [0.2, 0.25) is 0 Å². The minimum absolute atomic E-state index is 0.124. The van der Waals surface area contributed by atoms with Crippen molar-refractivity contribution in [1.82, 2.24) is 0 Å². The van der Waals surface area contributed by atoms with Crippen molar-refractivity contribution in [1.29, 1.82) is 0 Å². The summed E-state index contributed by atoms with van der Waals surface area (Å²) in [7, 11) is 1.73. The van der Waals surface area contributed by atoms with E-state index in [1.54, 1.807) is 7.11 Å². The SMILES string of the molecule is COC1C(N)CC1OC1CCCCC1C. The number of hydrogen-bond donors (Lipinski definition) is 1. The van der Waals surface area contributed by atoms with Crippen molar-refractivity contribution in [2.45, 2.75) is 63.4 Å². The van der Waals surface area contributed by atoms with Gasteiger partial charge in [-0.25, -0.2) is 0 Å². The highest BCUT2D eigenvalue weighted by Gasteiger charge is 2.41. The molecule has 0 saturated heterocycles. The number of nitrogens with two attached hydrogens (primary N) is 1. The molecular weight excluding hydrogens is 190 g/mol. The van der Waals surface area contributed by atoms with Gasteiger partial charge in [0.05, 0.1) is 18.3 Å². The van der Waals surface area contributed by atoms with Crippen LogP contribution in [0.2, 0.25) is 0 Å². The first-order valence-corrected chi connectivity index (χ1v) is 6.16. The van der Waals surface area contributed by atoms with Crippen molar-refractivity contribution in [3.05, 3.63) is 0 Å². The molecule has 5 unspecified atom stereocenters. The molecule has 0 amide bonds. The van der Waals surface area contributed by atoms with Gasteiger partial charge in [-0.1, -0.05) is 19.8 Å². The minimum Gasteiger partial charge on any atom is -0.377 e. The monoisotopic (exact) mass is 213 g/mol. The maximum absolute atomic E-state index is 6.11. The second-order valence-electron chi connectivity index (χ2n) is 5.07. The molecular formula is C12H23NO2. The largest absolute Gasteiger partial charge is 0.377 e. The molecule has 0 aromatic heterocycles. The van der Waals surface area contributed by atoms with Crippen LogP contribution in [0, 0.1) is 5.92 Å². The summed E-state index contributed by atoms with van der Waals surface area (Å²) in [5.74, 6) is 0.702. The molecule has 2 rings (SSSR count). The Labute approximate surface area is 92.3 Å². The zero-order valence-electron chi connectivity index (χ0n) is 9.82. The highest BCUT2D eigenvalue weighted by Crippen LogP contribution is 2.32. The Morgan fingerprint density at radius 3 is 2.47 bits per heavy atom. The summed E-state index contributed by atoms with van der Waals surface area (Å²) >= 11 is 0. The molecule has 15 heavy (non-hydrogen) atoms. The minimum atomic E-state index is 0.124. The van der Waals surface area contributed by atoms with Crippen molar-refractivity contribution in [2.75, 3.05) is 7.11 Å². The molecule has 0 heterocycles. The third-order valence-corrected chi connectivity index (χ3v) is 3.95. The first-order valence-electron chi connectivity index (χ1n) is 6.16. The summed E-state index contributed by atoms with van der Waals surface area (Å²) < 4.78 is 11.4. The van der Waals surface area contributed by atoms with E-state index in [0.717, 1.165) is 6.42 Å². The second-order valence-corrected chi connectivity index (χ2v) is 5.07. The van der Waals surface area contributed by atoms with Crippen molar-refractivity contribution in [2.24, 2.45) is 11.7 Å².